The lowest BCUT2D eigenvalue weighted by Crippen LogP contribution is -2.46. The Hall–Kier alpha value is -2.73. The van der Waals surface area contributed by atoms with Crippen LogP contribution < -0.4 is 5.32 Å². The van der Waals surface area contributed by atoms with Crippen LogP contribution in [-0.2, 0) is 26.2 Å². The van der Waals surface area contributed by atoms with Crippen molar-refractivity contribution in [2.24, 2.45) is 0 Å². The Morgan fingerprint density at radius 2 is 1.94 bits per heavy atom. The first-order valence-electron chi connectivity index (χ1n) is 10.9. The Bertz CT molecular complexity index is 955. The molecule has 0 saturated carbocycles. The second-order valence-electron chi connectivity index (χ2n) is 8.56. The number of hydrogen-bond donors (Lipinski definition) is 1. The third-order valence-corrected chi connectivity index (χ3v) is 6.71. The Morgan fingerprint density at radius 3 is 2.68 bits per heavy atom. The van der Waals surface area contributed by atoms with Crippen LogP contribution in [0.3, 0.4) is 0 Å². The van der Waals surface area contributed by atoms with Crippen LogP contribution in [-0.4, -0.2) is 43.0 Å². The molecule has 1 saturated heterocycles. The minimum atomic E-state index is -0.346. The fourth-order valence-electron chi connectivity index (χ4n) is 4.91. The second kappa shape index (κ2) is 9.18. The number of amides is 2. The molecule has 2 heterocycles. The van der Waals surface area contributed by atoms with Crippen molar-refractivity contribution >= 4 is 11.8 Å². The van der Waals surface area contributed by atoms with Gasteiger partial charge in [0.15, 0.2) is 0 Å². The van der Waals surface area contributed by atoms with Crippen LogP contribution in [0.25, 0.3) is 0 Å². The van der Waals surface area contributed by atoms with Crippen molar-refractivity contribution in [1.29, 1.82) is 0 Å². The highest BCUT2D eigenvalue weighted by atomic mass is 19.1. The summed E-state index contributed by atoms with van der Waals surface area (Å²) < 4.78 is 19.4. The largest absolute Gasteiger partial charge is 0.381 e. The molecule has 1 atom stereocenters. The van der Waals surface area contributed by atoms with E-state index >= 15 is 0 Å². The molecule has 6 heteroatoms. The fourth-order valence-corrected chi connectivity index (χ4v) is 4.91. The minimum absolute atomic E-state index is 0.0204. The molecule has 4 rings (SSSR count). The van der Waals surface area contributed by atoms with Crippen molar-refractivity contribution in [3.63, 3.8) is 0 Å². The lowest BCUT2D eigenvalue weighted by atomic mass is 9.74. The molecular formula is C25H29FN2O3. The lowest BCUT2D eigenvalue weighted by Gasteiger charge is -2.39. The molecule has 31 heavy (non-hydrogen) atoms. The second-order valence-corrected chi connectivity index (χ2v) is 8.56. The molecule has 1 N–H and O–H groups in total. The molecule has 1 unspecified atom stereocenters. The maximum Gasteiger partial charge on any atom is 0.222 e. The predicted octanol–water partition coefficient (Wildman–Crippen LogP) is 3.53. The zero-order valence-corrected chi connectivity index (χ0v) is 17.9. The predicted molar refractivity (Wildman–Crippen MR) is 116 cm³/mol. The summed E-state index contributed by atoms with van der Waals surface area (Å²) in [6.45, 7) is 3.77. The van der Waals surface area contributed by atoms with Gasteiger partial charge in [-0.05, 0) is 48.1 Å². The molecular weight excluding hydrogens is 395 g/mol. The molecule has 1 fully saturated rings. The van der Waals surface area contributed by atoms with Gasteiger partial charge >= 0.3 is 0 Å². The van der Waals surface area contributed by atoms with Crippen molar-refractivity contribution in [2.75, 3.05) is 26.3 Å². The number of rotatable bonds is 5. The first-order valence-corrected chi connectivity index (χ1v) is 10.9. The molecule has 2 aliphatic heterocycles. The highest BCUT2D eigenvalue weighted by Gasteiger charge is 2.36. The van der Waals surface area contributed by atoms with Crippen LogP contribution in [0, 0.1) is 5.82 Å². The van der Waals surface area contributed by atoms with Gasteiger partial charge in [-0.25, -0.2) is 4.39 Å². The van der Waals surface area contributed by atoms with Gasteiger partial charge in [-0.1, -0.05) is 36.4 Å². The van der Waals surface area contributed by atoms with E-state index in [1.807, 2.05) is 24.3 Å². The first-order chi connectivity index (χ1) is 15.0. The Kier molecular flexibility index (Phi) is 6.37. The molecule has 0 radical (unpaired) electrons. The molecule has 2 aromatic carbocycles. The number of fused-ring (bicyclic) bond motifs is 1. The molecule has 2 aromatic rings. The average molecular weight is 425 g/mol. The topological polar surface area (TPSA) is 58.6 Å². The summed E-state index contributed by atoms with van der Waals surface area (Å²) in [4.78, 5) is 27.0. The van der Waals surface area contributed by atoms with Crippen molar-refractivity contribution in [1.82, 2.24) is 10.2 Å². The van der Waals surface area contributed by atoms with Crippen molar-refractivity contribution < 1.29 is 18.7 Å². The van der Waals surface area contributed by atoms with Gasteiger partial charge < -0.3 is 15.0 Å². The molecule has 0 aromatic heterocycles. The summed E-state index contributed by atoms with van der Waals surface area (Å²) in [5.41, 5.74) is 2.79. The number of carbonyl (C=O) groups is 2. The quantitative estimate of drug-likeness (QED) is 0.799. The van der Waals surface area contributed by atoms with Crippen LogP contribution in [0.1, 0.15) is 48.9 Å². The third kappa shape index (κ3) is 4.64. The van der Waals surface area contributed by atoms with E-state index in [-0.39, 0.29) is 35.5 Å². The highest BCUT2D eigenvalue weighted by Crippen LogP contribution is 2.35. The highest BCUT2D eigenvalue weighted by molar-refractivity contribution is 5.79. The number of halogens is 1. The molecule has 2 amide bonds. The summed E-state index contributed by atoms with van der Waals surface area (Å²) in [5.74, 6) is -0.395. The van der Waals surface area contributed by atoms with Crippen LogP contribution in [0.4, 0.5) is 4.39 Å². The van der Waals surface area contributed by atoms with Crippen LogP contribution in [0.15, 0.2) is 48.5 Å². The summed E-state index contributed by atoms with van der Waals surface area (Å²) in [6, 6.07) is 14.4. The smallest absolute Gasteiger partial charge is 0.222 e. The van der Waals surface area contributed by atoms with Gasteiger partial charge in [0.2, 0.25) is 11.8 Å². The molecule has 0 bridgehead atoms. The van der Waals surface area contributed by atoms with E-state index in [0.29, 0.717) is 26.3 Å². The molecule has 164 valence electrons. The van der Waals surface area contributed by atoms with Crippen molar-refractivity contribution in [2.45, 2.75) is 44.1 Å². The minimum Gasteiger partial charge on any atom is -0.381 e. The van der Waals surface area contributed by atoms with Gasteiger partial charge in [0.25, 0.3) is 0 Å². The number of ether oxygens (including phenoxy) is 1. The summed E-state index contributed by atoms with van der Waals surface area (Å²) in [5, 5.41) is 3.09. The van der Waals surface area contributed by atoms with Crippen molar-refractivity contribution in [3.8, 4) is 0 Å². The maximum atomic E-state index is 13.9. The number of hydrogen-bond acceptors (Lipinski definition) is 3. The van der Waals surface area contributed by atoms with Crippen LogP contribution >= 0.6 is 0 Å². The van der Waals surface area contributed by atoms with E-state index < -0.39 is 0 Å². The third-order valence-electron chi connectivity index (χ3n) is 6.71. The van der Waals surface area contributed by atoms with Gasteiger partial charge in [0, 0.05) is 38.6 Å². The standard InChI is InChI=1S/C25H29FN2O3/c1-18(29)28-12-9-19-5-2-3-8-22(19)23(28)16-24(30)27-17-25(10-13-31-14-11-25)20-6-4-7-21(26)15-20/h2-8,15,23H,9-14,16-17H2,1H3,(H,27,30). The summed E-state index contributed by atoms with van der Waals surface area (Å²) in [7, 11) is 0. The SMILES string of the molecule is CC(=O)N1CCc2ccccc2C1CC(=O)NCC1(c2cccc(F)c2)CCOCC1. The number of carbonyl (C=O) groups excluding carboxylic acids is 2. The summed E-state index contributed by atoms with van der Waals surface area (Å²) in [6.07, 6.45) is 2.47. The monoisotopic (exact) mass is 424 g/mol. The van der Waals surface area contributed by atoms with E-state index in [1.165, 1.54) is 11.6 Å². The van der Waals surface area contributed by atoms with E-state index in [4.69, 9.17) is 4.74 Å². The Labute approximate surface area is 182 Å². The average Bonchev–Trinajstić information content (AvgIpc) is 2.78. The van der Waals surface area contributed by atoms with Crippen LogP contribution in [0.2, 0.25) is 0 Å². The normalized spacial score (nSPS) is 20.1. The van der Waals surface area contributed by atoms with Gasteiger partial charge in [0.1, 0.15) is 5.82 Å². The maximum absolute atomic E-state index is 13.9. The molecule has 5 nitrogen and oxygen atoms in total. The first kappa shape index (κ1) is 21.5. The Morgan fingerprint density at radius 1 is 1.16 bits per heavy atom. The van der Waals surface area contributed by atoms with Gasteiger partial charge in [-0.3, -0.25) is 9.59 Å². The van der Waals surface area contributed by atoms with Crippen molar-refractivity contribution in [3.05, 3.63) is 71.0 Å². The lowest BCUT2D eigenvalue weighted by molar-refractivity contribution is -0.133. The Balaban J connectivity index is 1.50. The van der Waals surface area contributed by atoms with Gasteiger partial charge in [0.05, 0.1) is 12.5 Å². The van der Waals surface area contributed by atoms with E-state index in [9.17, 15) is 14.0 Å². The molecule has 2 aliphatic rings. The zero-order chi connectivity index (χ0) is 21.8. The molecule has 0 aliphatic carbocycles. The van der Waals surface area contributed by atoms with Gasteiger partial charge in [-0.2, -0.15) is 0 Å². The van der Waals surface area contributed by atoms with E-state index in [2.05, 4.69) is 11.4 Å². The van der Waals surface area contributed by atoms with E-state index in [0.717, 1.165) is 30.4 Å². The number of benzene rings is 2. The molecule has 0 spiro atoms. The summed E-state index contributed by atoms with van der Waals surface area (Å²) >= 11 is 0. The van der Waals surface area contributed by atoms with E-state index in [1.54, 1.807) is 24.0 Å². The van der Waals surface area contributed by atoms with Crippen LogP contribution in [0.5, 0.6) is 0 Å². The number of nitrogens with zero attached hydrogens (tertiary/aromatic N) is 1. The number of nitrogens with one attached hydrogen (secondary N) is 1. The van der Waals surface area contributed by atoms with Gasteiger partial charge in [-0.15, -0.1) is 0 Å². The fraction of sp³-hybridized carbons (Fsp3) is 0.440. The zero-order valence-electron chi connectivity index (χ0n) is 17.9.